The fourth-order valence-corrected chi connectivity index (χ4v) is 1.31. The van der Waals surface area contributed by atoms with Gasteiger partial charge in [-0.15, -0.1) is 0 Å². The molecule has 2 rings (SSSR count). The van der Waals surface area contributed by atoms with Gasteiger partial charge in [-0.3, -0.25) is 0 Å². The van der Waals surface area contributed by atoms with Gasteiger partial charge in [-0.25, -0.2) is 18.7 Å². The number of anilines is 3. The first-order valence-corrected chi connectivity index (χ1v) is 4.87. The predicted molar refractivity (Wildman–Crippen MR) is 60.8 cm³/mol. The monoisotopic (exact) mass is 236 g/mol. The largest absolute Gasteiger partial charge is 0.381 e. The van der Waals surface area contributed by atoms with Crippen LogP contribution in [-0.4, -0.2) is 9.97 Å². The maximum atomic E-state index is 13.5. The van der Waals surface area contributed by atoms with Crippen molar-refractivity contribution in [3.63, 3.8) is 0 Å². The SMILES string of the molecule is Cc1cc(F)c(Nc2nccnc2N)cc1F. The highest BCUT2D eigenvalue weighted by atomic mass is 19.1. The van der Waals surface area contributed by atoms with Crippen molar-refractivity contribution in [2.45, 2.75) is 6.92 Å². The molecule has 17 heavy (non-hydrogen) atoms. The first-order chi connectivity index (χ1) is 8.08. The molecule has 0 aliphatic carbocycles. The van der Waals surface area contributed by atoms with Crippen molar-refractivity contribution in [3.05, 3.63) is 41.7 Å². The van der Waals surface area contributed by atoms with E-state index in [0.29, 0.717) is 0 Å². The number of nitrogen functional groups attached to an aromatic ring is 1. The van der Waals surface area contributed by atoms with Crippen molar-refractivity contribution in [2.24, 2.45) is 0 Å². The summed E-state index contributed by atoms with van der Waals surface area (Å²) < 4.78 is 26.8. The number of halogens is 2. The highest BCUT2D eigenvalue weighted by molar-refractivity contribution is 5.65. The second kappa shape index (κ2) is 4.32. The molecule has 0 amide bonds. The molecule has 6 heteroatoms. The minimum absolute atomic E-state index is 0.0275. The van der Waals surface area contributed by atoms with Crippen LogP contribution in [0, 0.1) is 18.6 Å². The van der Waals surface area contributed by atoms with E-state index >= 15 is 0 Å². The van der Waals surface area contributed by atoms with E-state index in [0.717, 1.165) is 12.1 Å². The smallest absolute Gasteiger partial charge is 0.173 e. The van der Waals surface area contributed by atoms with Gasteiger partial charge in [-0.1, -0.05) is 0 Å². The number of rotatable bonds is 2. The molecular formula is C11H10F2N4. The first-order valence-electron chi connectivity index (χ1n) is 4.87. The summed E-state index contributed by atoms with van der Waals surface area (Å²) in [7, 11) is 0. The van der Waals surface area contributed by atoms with Gasteiger partial charge in [0.1, 0.15) is 11.6 Å². The number of aromatic nitrogens is 2. The second-order valence-electron chi connectivity index (χ2n) is 3.50. The Balaban J connectivity index is 2.37. The van der Waals surface area contributed by atoms with Gasteiger partial charge in [0, 0.05) is 18.5 Å². The lowest BCUT2D eigenvalue weighted by Gasteiger charge is -2.09. The molecule has 0 atom stereocenters. The van der Waals surface area contributed by atoms with E-state index in [1.54, 1.807) is 0 Å². The molecule has 88 valence electrons. The Morgan fingerprint density at radius 1 is 1.12 bits per heavy atom. The van der Waals surface area contributed by atoms with E-state index in [1.165, 1.54) is 19.3 Å². The van der Waals surface area contributed by atoms with Gasteiger partial charge in [0.25, 0.3) is 0 Å². The van der Waals surface area contributed by atoms with Crippen molar-refractivity contribution < 1.29 is 8.78 Å². The fraction of sp³-hybridized carbons (Fsp3) is 0.0909. The van der Waals surface area contributed by atoms with Crippen LogP contribution >= 0.6 is 0 Å². The van der Waals surface area contributed by atoms with Crippen LogP contribution in [0.5, 0.6) is 0 Å². The summed E-state index contributed by atoms with van der Waals surface area (Å²) in [6.45, 7) is 1.48. The molecule has 4 nitrogen and oxygen atoms in total. The van der Waals surface area contributed by atoms with Crippen LogP contribution in [0.2, 0.25) is 0 Å². The number of aryl methyl sites for hydroxylation is 1. The molecular weight excluding hydrogens is 226 g/mol. The molecule has 1 heterocycles. The van der Waals surface area contributed by atoms with Crippen molar-refractivity contribution in [1.29, 1.82) is 0 Å². The highest BCUT2D eigenvalue weighted by Gasteiger charge is 2.09. The molecule has 0 spiro atoms. The normalized spacial score (nSPS) is 10.3. The summed E-state index contributed by atoms with van der Waals surface area (Å²) in [5.41, 5.74) is 5.74. The van der Waals surface area contributed by atoms with Crippen LogP contribution in [0.1, 0.15) is 5.56 Å². The Morgan fingerprint density at radius 2 is 1.82 bits per heavy atom. The van der Waals surface area contributed by atoms with E-state index in [4.69, 9.17) is 5.73 Å². The Hall–Kier alpha value is -2.24. The standard InChI is InChI=1S/C11H10F2N4/c1-6-4-8(13)9(5-7(6)12)17-11-10(14)15-2-3-16-11/h2-5H,1H3,(H2,14,15)(H,16,17). The van der Waals surface area contributed by atoms with E-state index < -0.39 is 11.6 Å². The maximum Gasteiger partial charge on any atom is 0.173 e. The number of benzene rings is 1. The van der Waals surface area contributed by atoms with Crippen LogP contribution in [0.15, 0.2) is 24.5 Å². The maximum absolute atomic E-state index is 13.5. The molecule has 3 N–H and O–H groups in total. The predicted octanol–water partition coefficient (Wildman–Crippen LogP) is 2.39. The third-order valence-corrected chi connectivity index (χ3v) is 2.23. The topological polar surface area (TPSA) is 63.8 Å². The minimum atomic E-state index is -0.575. The zero-order valence-electron chi connectivity index (χ0n) is 9.04. The zero-order chi connectivity index (χ0) is 12.4. The average molecular weight is 236 g/mol. The Morgan fingerprint density at radius 3 is 2.53 bits per heavy atom. The van der Waals surface area contributed by atoms with Crippen LogP contribution in [-0.2, 0) is 0 Å². The molecule has 0 saturated carbocycles. The number of hydrogen-bond acceptors (Lipinski definition) is 4. The van der Waals surface area contributed by atoms with Gasteiger partial charge >= 0.3 is 0 Å². The molecule has 0 saturated heterocycles. The van der Waals surface area contributed by atoms with E-state index in [9.17, 15) is 8.78 Å². The summed E-state index contributed by atoms with van der Waals surface area (Å²) in [6, 6.07) is 2.16. The summed E-state index contributed by atoms with van der Waals surface area (Å²) in [5, 5.41) is 2.59. The number of hydrogen-bond donors (Lipinski definition) is 2. The molecule has 1 aromatic heterocycles. The molecule has 1 aromatic carbocycles. The van der Waals surface area contributed by atoms with Gasteiger partial charge in [-0.05, 0) is 18.6 Å². The Bertz CT molecular complexity index is 557. The van der Waals surface area contributed by atoms with Gasteiger partial charge in [-0.2, -0.15) is 0 Å². The Kier molecular flexibility index (Phi) is 2.86. The van der Waals surface area contributed by atoms with Gasteiger partial charge in [0.2, 0.25) is 0 Å². The quantitative estimate of drug-likeness (QED) is 0.840. The third-order valence-electron chi connectivity index (χ3n) is 2.23. The molecule has 0 unspecified atom stereocenters. The lowest BCUT2D eigenvalue weighted by atomic mass is 10.2. The summed E-state index contributed by atoms with van der Waals surface area (Å²) in [5.74, 6) is -0.771. The highest BCUT2D eigenvalue weighted by Crippen LogP contribution is 2.23. The molecule has 0 aliphatic heterocycles. The third kappa shape index (κ3) is 2.30. The van der Waals surface area contributed by atoms with Gasteiger partial charge in [0.15, 0.2) is 11.6 Å². The van der Waals surface area contributed by atoms with Crippen LogP contribution in [0.25, 0.3) is 0 Å². The molecule has 0 radical (unpaired) electrons. The van der Waals surface area contributed by atoms with Crippen LogP contribution in [0.4, 0.5) is 26.1 Å². The minimum Gasteiger partial charge on any atom is -0.381 e. The molecule has 0 bridgehead atoms. The Labute approximate surface area is 96.5 Å². The second-order valence-corrected chi connectivity index (χ2v) is 3.50. The van der Waals surface area contributed by atoms with E-state index in [2.05, 4.69) is 15.3 Å². The molecule has 0 aliphatic rings. The van der Waals surface area contributed by atoms with Crippen molar-refractivity contribution in [1.82, 2.24) is 9.97 Å². The molecule has 0 fully saturated rings. The van der Waals surface area contributed by atoms with Crippen molar-refractivity contribution in [3.8, 4) is 0 Å². The van der Waals surface area contributed by atoms with Gasteiger partial charge < -0.3 is 11.1 Å². The first kappa shape index (κ1) is 11.3. The lowest BCUT2D eigenvalue weighted by molar-refractivity contribution is 0.595. The lowest BCUT2D eigenvalue weighted by Crippen LogP contribution is -2.03. The number of nitrogens with two attached hydrogens (primary N) is 1. The van der Waals surface area contributed by atoms with Gasteiger partial charge in [0.05, 0.1) is 5.69 Å². The number of nitrogens with one attached hydrogen (secondary N) is 1. The van der Waals surface area contributed by atoms with Crippen molar-refractivity contribution >= 4 is 17.3 Å². The van der Waals surface area contributed by atoms with Crippen LogP contribution < -0.4 is 11.1 Å². The molecule has 2 aromatic rings. The fourth-order valence-electron chi connectivity index (χ4n) is 1.31. The summed E-state index contributed by atoms with van der Waals surface area (Å²) in [6.07, 6.45) is 2.81. The number of nitrogens with zero attached hydrogens (tertiary/aromatic N) is 2. The van der Waals surface area contributed by atoms with Crippen molar-refractivity contribution in [2.75, 3.05) is 11.1 Å². The van der Waals surface area contributed by atoms with E-state index in [1.807, 2.05) is 0 Å². The average Bonchev–Trinajstić information content (AvgIpc) is 2.29. The van der Waals surface area contributed by atoms with Crippen LogP contribution in [0.3, 0.4) is 0 Å². The zero-order valence-corrected chi connectivity index (χ0v) is 9.04. The summed E-state index contributed by atoms with van der Waals surface area (Å²) >= 11 is 0. The van der Waals surface area contributed by atoms with E-state index in [-0.39, 0.29) is 22.9 Å². The summed E-state index contributed by atoms with van der Waals surface area (Å²) in [4.78, 5) is 7.66.